The second kappa shape index (κ2) is 7.58. The van der Waals surface area contributed by atoms with Crippen molar-refractivity contribution in [3.05, 3.63) is 40.4 Å². The van der Waals surface area contributed by atoms with Crippen molar-refractivity contribution in [2.24, 2.45) is 23.2 Å². The normalized spacial score (nSPS) is 33.0. The second-order valence-corrected chi connectivity index (χ2v) is 11.3. The van der Waals surface area contributed by atoms with E-state index in [-0.39, 0.29) is 41.1 Å². The highest BCUT2D eigenvalue weighted by molar-refractivity contribution is 7.15. The zero-order valence-corrected chi connectivity index (χ0v) is 20.2. The van der Waals surface area contributed by atoms with E-state index in [1.54, 1.807) is 11.3 Å². The number of carbonyl (C=O) groups excluding carboxylic acids is 2. The molecule has 2 aromatic rings. The molecular formula is C25H31N3O3S. The SMILES string of the molecule is C[C@@H]1C(=O)O[C@H]2[C@H]1CC[C@@]1(C)Cc3sc(NC(=O)c4ccc(N(C)C)cc4)nc3[C@@H](C)[C@H]21. The van der Waals surface area contributed by atoms with Gasteiger partial charge in [-0.1, -0.05) is 20.8 Å². The number of fused-ring (bicyclic) bond motifs is 4. The molecule has 170 valence electrons. The first-order valence-electron chi connectivity index (χ1n) is 11.5. The summed E-state index contributed by atoms with van der Waals surface area (Å²) in [6.45, 7) is 6.57. The summed E-state index contributed by atoms with van der Waals surface area (Å²) in [5.74, 6) is 0.572. The fraction of sp³-hybridized carbons (Fsp3) is 0.560. The van der Waals surface area contributed by atoms with Crippen molar-refractivity contribution in [1.82, 2.24) is 4.98 Å². The van der Waals surface area contributed by atoms with Crippen molar-refractivity contribution in [3.63, 3.8) is 0 Å². The first-order chi connectivity index (χ1) is 15.2. The molecule has 1 N–H and O–H groups in total. The number of hydrogen-bond donors (Lipinski definition) is 1. The Balaban J connectivity index is 1.38. The lowest BCUT2D eigenvalue weighted by atomic mass is 9.54. The maximum atomic E-state index is 12.8. The lowest BCUT2D eigenvalue weighted by Crippen LogP contribution is -2.50. The van der Waals surface area contributed by atoms with Crippen LogP contribution in [-0.2, 0) is 16.0 Å². The van der Waals surface area contributed by atoms with Gasteiger partial charge < -0.3 is 9.64 Å². The highest BCUT2D eigenvalue weighted by Gasteiger charge is 2.58. The quantitative estimate of drug-likeness (QED) is 0.681. The Morgan fingerprint density at radius 2 is 1.94 bits per heavy atom. The Morgan fingerprint density at radius 1 is 1.22 bits per heavy atom. The zero-order valence-electron chi connectivity index (χ0n) is 19.3. The summed E-state index contributed by atoms with van der Waals surface area (Å²) < 4.78 is 5.92. The van der Waals surface area contributed by atoms with Crippen LogP contribution in [0.4, 0.5) is 10.8 Å². The molecule has 1 amide bonds. The molecule has 2 heterocycles. The Labute approximate surface area is 193 Å². The Kier molecular flexibility index (Phi) is 5.08. The molecule has 1 aromatic heterocycles. The fourth-order valence-electron chi connectivity index (χ4n) is 6.21. The summed E-state index contributed by atoms with van der Waals surface area (Å²) in [7, 11) is 3.95. The minimum absolute atomic E-state index is 0.0117. The number of esters is 1. The summed E-state index contributed by atoms with van der Waals surface area (Å²) in [6.07, 6.45) is 3.05. The summed E-state index contributed by atoms with van der Waals surface area (Å²) in [5.41, 5.74) is 2.82. The van der Waals surface area contributed by atoms with Gasteiger partial charge in [0, 0.05) is 48.0 Å². The van der Waals surface area contributed by atoms with Crippen LogP contribution in [0.1, 0.15) is 60.5 Å². The average molecular weight is 454 g/mol. The van der Waals surface area contributed by atoms with Crippen LogP contribution in [0.5, 0.6) is 0 Å². The van der Waals surface area contributed by atoms with Crippen molar-refractivity contribution in [2.75, 3.05) is 24.3 Å². The molecule has 1 aromatic carbocycles. The number of carbonyl (C=O) groups is 2. The maximum absolute atomic E-state index is 12.8. The highest BCUT2D eigenvalue weighted by Crippen LogP contribution is 2.59. The van der Waals surface area contributed by atoms with E-state index in [2.05, 4.69) is 19.2 Å². The summed E-state index contributed by atoms with van der Waals surface area (Å²) in [4.78, 5) is 33.2. The Hall–Kier alpha value is -2.41. The van der Waals surface area contributed by atoms with E-state index >= 15 is 0 Å². The summed E-state index contributed by atoms with van der Waals surface area (Å²) in [6, 6.07) is 7.56. The minimum Gasteiger partial charge on any atom is -0.461 e. The number of thiazole rings is 1. The van der Waals surface area contributed by atoms with Gasteiger partial charge in [-0.05, 0) is 48.9 Å². The monoisotopic (exact) mass is 453 g/mol. The van der Waals surface area contributed by atoms with Crippen LogP contribution in [-0.4, -0.2) is 37.1 Å². The molecule has 2 aliphatic carbocycles. The molecule has 1 saturated heterocycles. The van der Waals surface area contributed by atoms with Crippen molar-refractivity contribution >= 4 is 34.0 Å². The Bertz CT molecular complexity index is 1060. The van der Waals surface area contributed by atoms with Crippen molar-refractivity contribution in [1.29, 1.82) is 0 Å². The molecule has 32 heavy (non-hydrogen) atoms. The molecule has 0 spiro atoms. The number of aromatic nitrogens is 1. The number of benzene rings is 1. The van der Waals surface area contributed by atoms with Crippen LogP contribution in [0, 0.1) is 23.2 Å². The molecule has 6 nitrogen and oxygen atoms in total. The van der Waals surface area contributed by atoms with Crippen LogP contribution in [0.2, 0.25) is 0 Å². The van der Waals surface area contributed by atoms with E-state index in [1.165, 1.54) is 4.88 Å². The van der Waals surface area contributed by atoms with Crippen molar-refractivity contribution in [2.45, 2.75) is 52.1 Å². The number of nitrogens with zero attached hydrogens (tertiary/aromatic N) is 2. The van der Waals surface area contributed by atoms with Gasteiger partial charge in [0.1, 0.15) is 6.10 Å². The predicted molar refractivity (Wildman–Crippen MR) is 126 cm³/mol. The third-order valence-electron chi connectivity index (χ3n) is 8.02. The van der Waals surface area contributed by atoms with Gasteiger partial charge in [0.25, 0.3) is 5.91 Å². The van der Waals surface area contributed by atoms with Gasteiger partial charge >= 0.3 is 5.97 Å². The first kappa shape index (κ1) is 21.4. The summed E-state index contributed by atoms with van der Waals surface area (Å²) >= 11 is 1.59. The molecular weight excluding hydrogens is 422 g/mol. The molecule has 0 bridgehead atoms. The third-order valence-corrected chi connectivity index (χ3v) is 9.01. The van der Waals surface area contributed by atoms with E-state index in [0.717, 1.165) is 30.6 Å². The standard InChI is InChI=1S/C25H31N3O3S/c1-13-17-10-11-25(3)12-18-20(14(2)19(25)21(17)31-23(13)30)26-24(32-18)27-22(29)15-6-8-16(9-7-15)28(4)5/h6-9,13-14,17,19,21H,10-12H2,1-5H3,(H,26,27,29)/t13-,14-,17-,19+,21-,25-/m0/s1. The fourth-order valence-corrected chi connectivity index (χ4v) is 7.47. The minimum atomic E-state index is -0.142. The topological polar surface area (TPSA) is 71.5 Å². The molecule has 0 radical (unpaired) electrons. The third kappa shape index (κ3) is 3.33. The van der Waals surface area contributed by atoms with Gasteiger partial charge in [-0.25, -0.2) is 4.98 Å². The van der Waals surface area contributed by atoms with Crippen LogP contribution in [0.25, 0.3) is 0 Å². The second-order valence-electron chi connectivity index (χ2n) is 10.3. The number of amides is 1. The molecule has 0 unspecified atom stereocenters. The van der Waals surface area contributed by atoms with Crippen LogP contribution in [0.15, 0.2) is 24.3 Å². The lowest BCUT2D eigenvalue weighted by Gasteiger charge is -2.51. The van der Waals surface area contributed by atoms with Gasteiger partial charge in [-0.15, -0.1) is 11.3 Å². The molecule has 3 aliphatic rings. The first-order valence-corrected chi connectivity index (χ1v) is 12.3. The predicted octanol–water partition coefficient (Wildman–Crippen LogP) is 4.72. The molecule has 1 aliphatic heterocycles. The molecule has 7 heteroatoms. The smallest absolute Gasteiger partial charge is 0.309 e. The molecule has 2 fully saturated rings. The molecule has 1 saturated carbocycles. The lowest BCUT2D eigenvalue weighted by molar-refractivity contribution is -0.149. The van der Waals surface area contributed by atoms with Gasteiger partial charge in [0.05, 0.1) is 11.6 Å². The van der Waals surface area contributed by atoms with Gasteiger partial charge in [0.2, 0.25) is 0 Å². The van der Waals surface area contributed by atoms with E-state index in [1.807, 2.05) is 50.2 Å². The average Bonchev–Trinajstić information content (AvgIpc) is 3.27. The number of nitrogens with one attached hydrogen (secondary N) is 1. The van der Waals surface area contributed by atoms with E-state index in [0.29, 0.717) is 16.6 Å². The van der Waals surface area contributed by atoms with Crippen LogP contribution in [0.3, 0.4) is 0 Å². The zero-order chi connectivity index (χ0) is 22.8. The Morgan fingerprint density at radius 3 is 2.62 bits per heavy atom. The van der Waals surface area contributed by atoms with Crippen LogP contribution < -0.4 is 10.2 Å². The number of ether oxygens (including phenoxy) is 1. The van der Waals surface area contributed by atoms with Crippen molar-refractivity contribution in [3.8, 4) is 0 Å². The van der Waals surface area contributed by atoms with Crippen LogP contribution >= 0.6 is 11.3 Å². The van der Waals surface area contributed by atoms with Gasteiger partial charge in [0.15, 0.2) is 5.13 Å². The van der Waals surface area contributed by atoms with Gasteiger partial charge in [-0.3, -0.25) is 14.9 Å². The largest absolute Gasteiger partial charge is 0.461 e. The number of rotatable bonds is 3. The summed E-state index contributed by atoms with van der Waals surface area (Å²) in [5, 5.41) is 3.66. The van der Waals surface area contributed by atoms with E-state index < -0.39 is 0 Å². The van der Waals surface area contributed by atoms with E-state index in [9.17, 15) is 9.59 Å². The maximum Gasteiger partial charge on any atom is 0.309 e. The van der Waals surface area contributed by atoms with Gasteiger partial charge in [-0.2, -0.15) is 0 Å². The number of hydrogen-bond acceptors (Lipinski definition) is 6. The highest BCUT2D eigenvalue weighted by atomic mass is 32.1. The molecule has 6 atom stereocenters. The number of anilines is 2. The van der Waals surface area contributed by atoms with Crippen molar-refractivity contribution < 1.29 is 14.3 Å². The van der Waals surface area contributed by atoms with E-state index in [4.69, 9.17) is 9.72 Å². The molecule has 5 rings (SSSR count).